The topological polar surface area (TPSA) is 50.8 Å². The van der Waals surface area contributed by atoms with Gasteiger partial charge in [-0.15, -0.1) is 0 Å². The monoisotopic (exact) mass is 319 g/mol. The summed E-state index contributed by atoms with van der Waals surface area (Å²) in [5, 5.41) is 7.86. The van der Waals surface area contributed by atoms with E-state index in [0.29, 0.717) is 27.4 Å². The van der Waals surface area contributed by atoms with Crippen LogP contribution in [0, 0.1) is 0 Å². The molecule has 21 heavy (non-hydrogen) atoms. The molecule has 1 N–H and O–H groups in total. The Morgan fingerprint density at radius 3 is 2.62 bits per heavy atom. The van der Waals surface area contributed by atoms with Crippen molar-refractivity contribution in [1.29, 1.82) is 0 Å². The maximum atomic E-state index is 6.06. The fourth-order valence-corrected chi connectivity index (χ4v) is 2.16. The van der Waals surface area contributed by atoms with E-state index < -0.39 is 0 Å². The molecule has 0 aliphatic heterocycles. The van der Waals surface area contributed by atoms with Gasteiger partial charge in [-0.25, -0.2) is 4.98 Å². The summed E-state index contributed by atoms with van der Waals surface area (Å²) in [6.45, 7) is 0.236. The highest BCUT2D eigenvalue weighted by Crippen LogP contribution is 2.31. The highest BCUT2D eigenvalue weighted by atomic mass is 35.5. The van der Waals surface area contributed by atoms with Gasteiger partial charge in [0.15, 0.2) is 11.6 Å². The number of nitrogens with one attached hydrogen (secondary N) is 1. The van der Waals surface area contributed by atoms with Crippen molar-refractivity contribution in [1.82, 2.24) is 15.2 Å². The van der Waals surface area contributed by atoms with Gasteiger partial charge in [-0.3, -0.25) is 5.10 Å². The molecule has 1 aromatic heterocycles. The van der Waals surface area contributed by atoms with Gasteiger partial charge in [-0.1, -0.05) is 59.6 Å². The summed E-state index contributed by atoms with van der Waals surface area (Å²) >= 11 is 12.0. The Balaban J connectivity index is 1.72. The van der Waals surface area contributed by atoms with E-state index in [9.17, 15) is 0 Å². The average Bonchev–Trinajstić information content (AvgIpc) is 2.99. The second kappa shape index (κ2) is 6.16. The molecule has 0 bridgehead atoms. The van der Waals surface area contributed by atoms with Gasteiger partial charge >= 0.3 is 0 Å². The molecule has 0 aliphatic rings. The van der Waals surface area contributed by atoms with Crippen molar-refractivity contribution in [2.75, 3.05) is 0 Å². The van der Waals surface area contributed by atoms with Crippen molar-refractivity contribution in [2.45, 2.75) is 6.61 Å². The molecule has 1 heterocycles. The zero-order valence-corrected chi connectivity index (χ0v) is 12.4. The maximum absolute atomic E-state index is 6.06. The lowest BCUT2D eigenvalue weighted by atomic mass is 10.2. The van der Waals surface area contributed by atoms with E-state index in [1.165, 1.54) is 0 Å². The van der Waals surface area contributed by atoms with Crippen LogP contribution in [0.3, 0.4) is 0 Å². The van der Waals surface area contributed by atoms with Crippen molar-refractivity contribution in [3.63, 3.8) is 0 Å². The molecule has 0 saturated heterocycles. The normalized spacial score (nSPS) is 10.6. The van der Waals surface area contributed by atoms with Crippen LogP contribution in [0.25, 0.3) is 11.4 Å². The van der Waals surface area contributed by atoms with Crippen LogP contribution in [-0.4, -0.2) is 15.2 Å². The standard InChI is InChI=1S/C15H11Cl2N3O/c16-11-7-4-8-12(14(11)17)21-9-13-18-15(20-19-13)10-5-2-1-3-6-10/h1-8H,9H2,(H,18,19,20). The van der Waals surface area contributed by atoms with Crippen molar-refractivity contribution < 1.29 is 4.74 Å². The fraction of sp³-hybridized carbons (Fsp3) is 0.0667. The molecule has 6 heteroatoms. The van der Waals surface area contributed by atoms with Crippen LogP contribution in [0.4, 0.5) is 0 Å². The number of nitrogens with zero attached hydrogens (tertiary/aromatic N) is 2. The van der Waals surface area contributed by atoms with E-state index >= 15 is 0 Å². The zero-order chi connectivity index (χ0) is 14.7. The number of ether oxygens (including phenoxy) is 1. The van der Waals surface area contributed by atoms with Gasteiger partial charge in [0.25, 0.3) is 0 Å². The first-order chi connectivity index (χ1) is 10.2. The molecule has 0 amide bonds. The number of hydrogen-bond donors (Lipinski definition) is 1. The van der Waals surface area contributed by atoms with Crippen molar-refractivity contribution in [3.8, 4) is 17.1 Å². The molecule has 4 nitrogen and oxygen atoms in total. The Labute approximate surface area is 131 Å². The van der Waals surface area contributed by atoms with E-state index in [-0.39, 0.29) is 6.61 Å². The van der Waals surface area contributed by atoms with Crippen LogP contribution in [0.2, 0.25) is 10.0 Å². The number of benzene rings is 2. The van der Waals surface area contributed by atoms with Crippen molar-refractivity contribution in [3.05, 3.63) is 64.4 Å². The first-order valence-electron chi connectivity index (χ1n) is 6.27. The lowest BCUT2D eigenvalue weighted by molar-refractivity contribution is 0.296. The predicted molar refractivity (Wildman–Crippen MR) is 82.6 cm³/mol. The van der Waals surface area contributed by atoms with Crippen LogP contribution in [-0.2, 0) is 6.61 Å². The van der Waals surface area contributed by atoms with E-state index in [0.717, 1.165) is 5.56 Å². The van der Waals surface area contributed by atoms with Gasteiger partial charge in [0, 0.05) is 5.56 Å². The molecule has 0 aliphatic carbocycles. The highest BCUT2D eigenvalue weighted by Gasteiger charge is 2.09. The molecule has 0 saturated carbocycles. The quantitative estimate of drug-likeness (QED) is 0.777. The molecular formula is C15H11Cl2N3O. The van der Waals surface area contributed by atoms with E-state index in [2.05, 4.69) is 15.2 Å². The zero-order valence-electron chi connectivity index (χ0n) is 10.9. The maximum Gasteiger partial charge on any atom is 0.181 e. The molecule has 0 radical (unpaired) electrons. The summed E-state index contributed by atoms with van der Waals surface area (Å²) in [7, 11) is 0. The second-order valence-electron chi connectivity index (χ2n) is 4.31. The third-order valence-corrected chi connectivity index (χ3v) is 3.65. The largest absolute Gasteiger partial charge is 0.484 e. The van der Waals surface area contributed by atoms with Crippen molar-refractivity contribution in [2.24, 2.45) is 0 Å². The number of aromatic amines is 1. The number of halogens is 2. The van der Waals surface area contributed by atoms with Gasteiger partial charge in [0.1, 0.15) is 17.4 Å². The van der Waals surface area contributed by atoms with E-state index in [1.807, 2.05) is 30.3 Å². The Hall–Kier alpha value is -2.04. The van der Waals surface area contributed by atoms with Crippen LogP contribution in [0.15, 0.2) is 48.5 Å². The Bertz CT molecular complexity index is 744. The summed E-state index contributed by atoms with van der Waals surface area (Å²) in [6, 6.07) is 15.0. The van der Waals surface area contributed by atoms with Gasteiger partial charge in [0.05, 0.1) is 5.02 Å². The summed E-state index contributed by atoms with van der Waals surface area (Å²) in [5.41, 5.74) is 0.945. The first-order valence-corrected chi connectivity index (χ1v) is 7.03. The van der Waals surface area contributed by atoms with Gasteiger partial charge < -0.3 is 4.74 Å². The third-order valence-electron chi connectivity index (χ3n) is 2.84. The molecule has 3 aromatic rings. The van der Waals surface area contributed by atoms with Gasteiger partial charge in [-0.2, -0.15) is 5.10 Å². The SMILES string of the molecule is Clc1cccc(OCc2nc(-c3ccccc3)n[nH]2)c1Cl. The summed E-state index contributed by atoms with van der Waals surface area (Å²) in [5.74, 6) is 1.76. The molecular weight excluding hydrogens is 309 g/mol. The predicted octanol–water partition coefficient (Wildman–Crippen LogP) is 4.36. The summed E-state index contributed by atoms with van der Waals surface area (Å²) < 4.78 is 5.60. The Morgan fingerprint density at radius 1 is 1.00 bits per heavy atom. The van der Waals surface area contributed by atoms with Crippen LogP contribution >= 0.6 is 23.2 Å². The third kappa shape index (κ3) is 3.17. The van der Waals surface area contributed by atoms with Gasteiger partial charge in [0.2, 0.25) is 0 Å². The summed E-state index contributed by atoms with van der Waals surface area (Å²) in [6.07, 6.45) is 0. The van der Waals surface area contributed by atoms with Crippen molar-refractivity contribution >= 4 is 23.2 Å². The van der Waals surface area contributed by atoms with Crippen LogP contribution in [0.1, 0.15) is 5.82 Å². The first kappa shape index (κ1) is 13.9. The number of hydrogen-bond acceptors (Lipinski definition) is 3. The van der Waals surface area contributed by atoms with Crippen LogP contribution < -0.4 is 4.74 Å². The summed E-state index contributed by atoms with van der Waals surface area (Å²) in [4.78, 5) is 4.38. The average molecular weight is 320 g/mol. The van der Waals surface area contributed by atoms with E-state index in [4.69, 9.17) is 27.9 Å². The molecule has 0 spiro atoms. The smallest absolute Gasteiger partial charge is 0.181 e. The second-order valence-corrected chi connectivity index (χ2v) is 5.10. The molecule has 0 atom stereocenters. The number of rotatable bonds is 4. The lowest BCUT2D eigenvalue weighted by Gasteiger charge is -2.06. The molecule has 106 valence electrons. The Kier molecular flexibility index (Phi) is 4.08. The minimum atomic E-state index is 0.236. The minimum absolute atomic E-state index is 0.236. The Morgan fingerprint density at radius 2 is 1.81 bits per heavy atom. The molecule has 0 unspecified atom stereocenters. The number of H-pyrrole nitrogens is 1. The molecule has 2 aromatic carbocycles. The van der Waals surface area contributed by atoms with Gasteiger partial charge in [-0.05, 0) is 12.1 Å². The molecule has 0 fully saturated rings. The lowest BCUT2D eigenvalue weighted by Crippen LogP contribution is -1.98. The van der Waals surface area contributed by atoms with Crippen LogP contribution in [0.5, 0.6) is 5.75 Å². The highest BCUT2D eigenvalue weighted by molar-refractivity contribution is 6.42. The number of aromatic nitrogens is 3. The minimum Gasteiger partial charge on any atom is -0.484 e. The fourth-order valence-electron chi connectivity index (χ4n) is 1.82. The molecule has 3 rings (SSSR count). The van der Waals surface area contributed by atoms with E-state index in [1.54, 1.807) is 18.2 Å².